The summed E-state index contributed by atoms with van der Waals surface area (Å²) in [5.74, 6) is 0.219. The first-order chi connectivity index (χ1) is 24.9. The number of carbonyl (C=O) groups is 2. The normalized spacial score (nSPS) is 12.3. The summed E-state index contributed by atoms with van der Waals surface area (Å²) in [6.07, 6.45) is 1.54. The van der Waals surface area contributed by atoms with Gasteiger partial charge in [0, 0.05) is 41.9 Å². The molecule has 1 aromatic heterocycles. The van der Waals surface area contributed by atoms with Crippen LogP contribution in [0, 0.1) is 5.82 Å². The molecular formula is C42H35FN2O6. The number of nitrogens with zero attached hydrogens (tertiary/aromatic N) is 2. The Labute approximate surface area is 295 Å². The van der Waals surface area contributed by atoms with E-state index in [0.29, 0.717) is 34.4 Å². The van der Waals surface area contributed by atoms with Gasteiger partial charge in [-0.05, 0) is 59.0 Å². The van der Waals surface area contributed by atoms with Crippen LogP contribution in [0.5, 0.6) is 17.2 Å². The minimum Gasteiger partial charge on any atom is -0.497 e. The zero-order chi connectivity index (χ0) is 35.5. The third-order valence-corrected chi connectivity index (χ3v) is 9.12. The van der Waals surface area contributed by atoms with Crippen molar-refractivity contribution in [2.45, 2.75) is 25.6 Å². The lowest BCUT2D eigenvalue weighted by molar-refractivity contribution is 0.0599. The molecule has 256 valence electrons. The molecule has 51 heavy (non-hydrogen) atoms. The van der Waals surface area contributed by atoms with Gasteiger partial charge in [0.05, 0.1) is 32.5 Å². The third kappa shape index (κ3) is 6.58. The number of esters is 1. The fourth-order valence-corrected chi connectivity index (χ4v) is 6.63. The van der Waals surface area contributed by atoms with E-state index in [4.69, 9.17) is 23.9 Å². The van der Waals surface area contributed by atoms with Gasteiger partial charge in [-0.25, -0.2) is 9.18 Å². The van der Waals surface area contributed by atoms with Gasteiger partial charge in [0.1, 0.15) is 28.9 Å². The highest BCUT2D eigenvalue weighted by Gasteiger charge is 2.39. The summed E-state index contributed by atoms with van der Waals surface area (Å²) < 4.78 is 37.0. The zero-order valence-corrected chi connectivity index (χ0v) is 28.4. The second-order valence-corrected chi connectivity index (χ2v) is 12.3. The molecule has 0 unspecified atom stereocenters. The topological polar surface area (TPSA) is 87.2 Å². The van der Waals surface area contributed by atoms with Crippen molar-refractivity contribution in [3.8, 4) is 17.2 Å². The predicted molar refractivity (Wildman–Crippen MR) is 191 cm³/mol. The molecule has 5 aromatic carbocycles. The summed E-state index contributed by atoms with van der Waals surface area (Å²) in [5, 5.41) is 0.492. The minimum absolute atomic E-state index is 0.115. The molecular weight excluding hydrogens is 647 g/mol. The van der Waals surface area contributed by atoms with Crippen molar-refractivity contribution in [3.63, 3.8) is 0 Å². The van der Waals surface area contributed by atoms with Gasteiger partial charge in [0.2, 0.25) is 0 Å². The predicted octanol–water partition coefficient (Wildman–Crippen LogP) is 8.09. The van der Waals surface area contributed by atoms with E-state index in [-0.39, 0.29) is 41.7 Å². The first kappa shape index (κ1) is 33.3. The van der Waals surface area contributed by atoms with E-state index in [1.54, 1.807) is 43.5 Å². The Hall–Kier alpha value is -6.22. The van der Waals surface area contributed by atoms with Gasteiger partial charge in [-0.15, -0.1) is 0 Å². The number of carbonyl (C=O) groups excluding carboxylic acids is 2. The number of pyridine rings is 1. The van der Waals surface area contributed by atoms with E-state index in [1.165, 1.54) is 19.2 Å². The van der Waals surface area contributed by atoms with Gasteiger partial charge in [-0.2, -0.15) is 0 Å². The number of benzene rings is 5. The van der Waals surface area contributed by atoms with Gasteiger partial charge in [0.15, 0.2) is 5.75 Å². The number of hydrogen-bond donors (Lipinski definition) is 0. The zero-order valence-electron chi connectivity index (χ0n) is 28.4. The fourth-order valence-electron chi connectivity index (χ4n) is 6.63. The number of ether oxygens (including phenoxy) is 4. The van der Waals surface area contributed by atoms with Crippen LogP contribution in [0.15, 0.2) is 115 Å². The number of methoxy groups -OCH3 is 3. The van der Waals surface area contributed by atoms with E-state index in [0.717, 1.165) is 27.8 Å². The van der Waals surface area contributed by atoms with Gasteiger partial charge in [-0.3, -0.25) is 9.78 Å². The number of amides is 1. The number of aromatic nitrogens is 1. The second kappa shape index (κ2) is 14.3. The molecule has 0 fully saturated rings. The summed E-state index contributed by atoms with van der Waals surface area (Å²) >= 11 is 0. The molecule has 0 saturated heterocycles. The van der Waals surface area contributed by atoms with Crippen LogP contribution in [0.2, 0.25) is 0 Å². The highest BCUT2D eigenvalue weighted by Crippen LogP contribution is 2.44. The molecule has 0 aliphatic carbocycles. The molecule has 0 atom stereocenters. The summed E-state index contributed by atoms with van der Waals surface area (Å²) in [6.45, 7) is 0.310. The summed E-state index contributed by atoms with van der Waals surface area (Å²) in [6, 6.07) is 33.1. The maximum absolute atomic E-state index is 14.6. The molecule has 1 aliphatic rings. The van der Waals surface area contributed by atoms with Crippen molar-refractivity contribution in [2.75, 3.05) is 21.3 Å². The van der Waals surface area contributed by atoms with Crippen molar-refractivity contribution in [1.29, 1.82) is 0 Å². The Balaban J connectivity index is 1.42. The van der Waals surface area contributed by atoms with Crippen molar-refractivity contribution in [3.05, 3.63) is 166 Å². The quantitative estimate of drug-likeness (QED) is 0.128. The highest BCUT2D eigenvalue weighted by molar-refractivity contribution is 6.14. The van der Waals surface area contributed by atoms with Crippen molar-refractivity contribution >= 4 is 22.8 Å². The van der Waals surface area contributed by atoms with E-state index >= 15 is 0 Å². The van der Waals surface area contributed by atoms with E-state index in [9.17, 15) is 14.0 Å². The molecule has 1 amide bonds. The Morgan fingerprint density at radius 2 is 1.53 bits per heavy atom. The third-order valence-electron chi connectivity index (χ3n) is 9.12. The SMILES string of the molecule is COC(=O)c1c2c(c(OC(c3ccccc3)c3ccccc3)c3ncc(Cc4ccc(F)cc4)cc13)C(=O)N(Cc1ccc(OC)cc1OC)C2. The van der Waals surface area contributed by atoms with Gasteiger partial charge in [0.25, 0.3) is 5.91 Å². The maximum atomic E-state index is 14.6. The molecule has 2 heterocycles. The Bertz CT molecular complexity index is 2190. The first-order valence-corrected chi connectivity index (χ1v) is 16.5. The Morgan fingerprint density at radius 3 is 2.16 bits per heavy atom. The monoisotopic (exact) mass is 682 g/mol. The van der Waals surface area contributed by atoms with Gasteiger partial charge >= 0.3 is 5.97 Å². The van der Waals surface area contributed by atoms with E-state index in [2.05, 4.69) is 0 Å². The average Bonchev–Trinajstić information content (AvgIpc) is 3.49. The molecule has 0 spiro atoms. The van der Waals surface area contributed by atoms with Crippen LogP contribution in [0.25, 0.3) is 10.9 Å². The maximum Gasteiger partial charge on any atom is 0.338 e. The summed E-state index contributed by atoms with van der Waals surface area (Å²) in [7, 11) is 4.46. The van der Waals surface area contributed by atoms with Crippen molar-refractivity contribution in [1.82, 2.24) is 9.88 Å². The Morgan fingerprint density at radius 1 is 0.843 bits per heavy atom. The van der Waals surface area contributed by atoms with E-state index in [1.807, 2.05) is 78.9 Å². The number of rotatable bonds is 11. The fraction of sp³-hybridized carbons (Fsp3) is 0.167. The largest absolute Gasteiger partial charge is 0.497 e. The molecule has 8 nitrogen and oxygen atoms in total. The lowest BCUT2D eigenvalue weighted by atomic mass is 9.94. The molecule has 0 saturated carbocycles. The van der Waals surface area contributed by atoms with Crippen LogP contribution < -0.4 is 14.2 Å². The van der Waals surface area contributed by atoms with Crippen LogP contribution in [0.3, 0.4) is 0 Å². The average molecular weight is 683 g/mol. The number of halogens is 1. The molecule has 0 radical (unpaired) electrons. The lowest BCUT2D eigenvalue weighted by Gasteiger charge is -2.23. The standard InChI is InChI=1S/C42H35FN2O6/c1-48-32-19-16-30(35(22-32)49-2)24-45-25-34-36(42(47)50-3)33-21-27(20-26-14-17-31(43)18-15-26)23-44-38(33)40(37(34)41(45)46)51-39(28-10-6-4-7-11-28)29-12-8-5-9-13-29/h4-19,21-23,39H,20,24-25H2,1-3H3. The van der Waals surface area contributed by atoms with Crippen molar-refractivity contribution < 1.29 is 32.9 Å². The number of fused-ring (bicyclic) bond motifs is 2. The lowest BCUT2D eigenvalue weighted by Crippen LogP contribution is -2.24. The van der Waals surface area contributed by atoms with Crippen LogP contribution in [0.4, 0.5) is 4.39 Å². The second-order valence-electron chi connectivity index (χ2n) is 12.3. The molecule has 9 heteroatoms. The van der Waals surface area contributed by atoms with E-state index < -0.39 is 12.1 Å². The molecule has 1 aliphatic heterocycles. The van der Waals surface area contributed by atoms with Gasteiger partial charge < -0.3 is 23.8 Å². The van der Waals surface area contributed by atoms with Crippen molar-refractivity contribution in [2.24, 2.45) is 0 Å². The van der Waals surface area contributed by atoms with Crippen LogP contribution in [-0.4, -0.2) is 43.1 Å². The molecule has 6 aromatic rings. The summed E-state index contributed by atoms with van der Waals surface area (Å²) in [5.41, 5.74) is 5.52. The highest BCUT2D eigenvalue weighted by atomic mass is 19.1. The minimum atomic E-state index is -0.604. The van der Waals surface area contributed by atoms with Gasteiger partial charge in [-0.1, -0.05) is 72.8 Å². The smallest absolute Gasteiger partial charge is 0.338 e. The van der Waals surface area contributed by atoms with Crippen LogP contribution in [0.1, 0.15) is 60.2 Å². The van der Waals surface area contributed by atoms with Crippen LogP contribution >= 0.6 is 0 Å². The number of hydrogen-bond acceptors (Lipinski definition) is 7. The molecule has 0 bridgehead atoms. The summed E-state index contributed by atoms with van der Waals surface area (Å²) in [4.78, 5) is 34.9. The molecule has 7 rings (SSSR count). The first-order valence-electron chi connectivity index (χ1n) is 16.5. The molecule has 0 N–H and O–H groups in total. The van der Waals surface area contributed by atoms with Crippen LogP contribution in [-0.2, 0) is 24.2 Å². The Kier molecular flexibility index (Phi) is 9.35.